The SMILES string of the molecule is O=C(c1ccc(N2CCCC2=O)cc1)N1CCN(Cc2nc3ccccc3s2)CC1. The van der Waals surface area contributed by atoms with Gasteiger partial charge in [-0.25, -0.2) is 4.98 Å². The quantitative estimate of drug-likeness (QED) is 0.649. The molecule has 2 amide bonds. The molecule has 5 rings (SSSR count). The number of benzene rings is 2. The zero-order valence-corrected chi connectivity index (χ0v) is 17.6. The van der Waals surface area contributed by atoms with Crippen LogP contribution in [0.2, 0.25) is 0 Å². The third-order valence-electron chi connectivity index (χ3n) is 5.86. The zero-order chi connectivity index (χ0) is 20.5. The molecular formula is C23H24N4O2S. The van der Waals surface area contributed by atoms with E-state index in [0.717, 1.165) is 61.9 Å². The van der Waals surface area contributed by atoms with E-state index in [2.05, 4.69) is 17.0 Å². The number of para-hydroxylation sites is 1. The van der Waals surface area contributed by atoms with Gasteiger partial charge in [-0.2, -0.15) is 0 Å². The number of carbonyl (C=O) groups excluding carboxylic acids is 2. The lowest BCUT2D eigenvalue weighted by Crippen LogP contribution is -2.48. The van der Waals surface area contributed by atoms with E-state index in [9.17, 15) is 9.59 Å². The average molecular weight is 421 g/mol. The largest absolute Gasteiger partial charge is 0.336 e. The molecule has 0 N–H and O–H groups in total. The zero-order valence-electron chi connectivity index (χ0n) is 16.8. The van der Waals surface area contributed by atoms with Crippen molar-refractivity contribution in [1.29, 1.82) is 0 Å². The van der Waals surface area contributed by atoms with Gasteiger partial charge >= 0.3 is 0 Å². The van der Waals surface area contributed by atoms with E-state index in [-0.39, 0.29) is 11.8 Å². The fourth-order valence-electron chi connectivity index (χ4n) is 4.18. The second-order valence-electron chi connectivity index (χ2n) is 7.84. The maximum absolute atomic E-state index is 12.9. The molecule has 3 aromatic rings. The Hall–Kier alpha value is -2.77. The van der Waals surface area contributed by atoms with Crippen molar-refractivity contribution >= 4 is 39.1 Å². The first-order valence-corrected chi connectivity index (χ1v) is 11.3. The lowest BCUT2D eigenvalue weighted by molar-refractivity contribution is -0.117. The van der Waals surface area contributed by atoms with Crippen molar-refractivity contribution < 1.29 is 9.59 Å². The molecule has 2 saturated heterocycles. The van der Waals surface area contributed by atoms with Crippen molar-refractivity contribution in [2.45, 2.75) is 19.4 Å². The maximum Gasteiger partial charge on any atom is 0.253 e. The molecule has 30 heavy (non-hydrogen) atoms. The monoisotopic (exact) mass is 420 g/mol. The fourth-order valence-corrected chi connectivity index (χ4v) is 5.19. The first-order valence-electron chi connectivity index (χ1n) is 10.4. The number of carbonyl (C=O) groups is 2. The Morgan fingerprint density at radius 3 is 2.43 bits per heavy atom. The average Bonchev–Trinajstić information content (AvgIpc) is 3.39. The topological polar surface area (TPSA) is 56.8 Å². The van der Waals surface area contributed by atoms with Crippen LogP contribution in [0.4, 0.5) is 5.69 Å². The Balaban J connectivity index is 1.18. The molecule has 7 heteroatoms. The van der Waals surface area contributed by atoms with Crippen LogP contribution in [0.5, 0.6) is 0 Å². The number of amides is 2. The van der Waals surface area contributed by atoms with Gasteiger partial charge in [-0.05, 0) is 42.8 Å². The lowest BCUT2D eigenvalue weighted by atomic mass is 10.1. The molecule has 0 unspecified atom stereocenters. The summed E-state index contributed by atoms with van der Waals surface area (Å²) >= 11 is 1.75. The molecule has 0 aliphatic carbocycles. The highest BCUT2D eigenvalue weighted by Gasteiger charge is 2.24. The first kappa shape index (κ1) is 19.2. The van der Waals surface area contributed by atoms with Crippen LogP contribution in [0.15, 0.2) is 48.5 Å². The number of aromatic nitrogens is 1. The summed E-state index contributed by atoms with van der Waals surface area (Å²) in [5, 5.41) is 1.13. The van der Waals surface area contributed by atoms with Crippen molar-refractivity contribution in [2.75, 3.05) is 37.6 Å². The summed E-state index contributed by atoms with van der Waals surface area (Å²) < 4.78 is 1.22. The molecular weight excluding hydrogens is 396 g/mol. The van der Waals surface area contributed by atoms with Gasteiger partial charge in [0, 0.05) is 50.4 Å². The number of nitrogens with zero attached hydrogens (tertiary/aromatic N) is 4. The highest BCUT2D eigenvalue weighted by Crippen LogP contribution is 2.24. The fraction of sp³-hybridized carbons (Fsp3) is 0.348. The second-order valence-corrected chi connectivity index (χ2v) is 8.95. The van der Waals surface area contributed by atoms with Gasteiger partial charge in [0.15, 0.2) is 0 Å². The van der Waals surface area contributed by atoms with Gasteiger partial charge in [-0.1, -0.05) is 12.1 Å². The molecule has 1 aromatic heterocycles. The third-order valence-corrected chi connectivity index (χ3v) is 6.88. The summed E-state index contributed by atoms with van der Waals surface area (Å²) in [5.41, 5.74) is 2.63. The molecule has 6 nitrogen and oxygen atoms in total. The number of hydrogen-bond acceptors (Lipinski definition) is 5. The Morgan fingerprint density at radius 2 is 1.73 bits per heavy atom. The van der Waals surface area contributed by atoms with E-state index in [0.29, 0.717) is 12.0 Å². The van der Waals surface area contributed by atoms with Crippen molar-refractivity contribution in [2.24, 2.45) is 0 Å². The van der Waals surface area contributed by atoms with E-state index < -0.39 is 0 Å². The van der Waals surface area contributed by atoms with Crippen LogP contribution in [-0.2, 0) is 11.3 Å². The molecule has 2 fully saturated rings. The van der Waals surface area contributed by atoms with Crippen LogP contribution in [-0.4, -0.2) is 59.3 Å². The van der Waals surface area contributed by atoms with Crippen LogP contribution < -0.4 is 4.90 Å². The molecule has 0 atom stereocenters. The predicted octanol–water partition coefficient (Wildman–Crippen LogP) is 3.38. The molecule has 0 saturated carbocycles. The molecule has 3 heterocycles. The summed E-state index contributed by atoms with van der Waals surface area (Å²) in [6.45, 7) is 4.74. The second kappa shape index (κ2) is 8.16. The minimum absolute atomic E-state index is 0.0638. The number of anilines is 1. The standard InChI is InChI=1S/C23H24N4O2S/c28-22-6-3-11-27(22)18-9-7-17(8-10-18)23(29)26-14-12-25(13-15-26)16-21-24-19-4-1-2-5-20(19)30-21/h1-2,4-5,7-10H,3,6,11-16H2. The summed E-state index contributed by atoms with van der Waals surface area (Å²) in [7, 11) is 0. The van der Waals surface area contributed by atoms with Crippen LogP contribution in [0.3, 0.4) is 0 Å². The van der Waals surface area contributed by atoms with Gasteiger partial charge in [0.25, 0.3) is 5.91 Å². The number of piperazine rings is 1. The van der Waals surface area contributed by atoms with Gasteiger partial charge in [0.1, 0.15) is 5.01 Å². The molecule has 2 aliphatic rings. The Labute approximate surface area is 179 Å². The molecule has 2 aliphatic heterocycles. The number of hydrogen-bond donors (Lipinski definition) is 0. The van der Waals surface area contributed by atoms with Crippen LogP contribution in [0.1, 0.15) is 28.2 Å². The van der Waals surface area contributed by atoms with Gasteiger partial charge < -0.3 is 9.80 Å². The van der Waals surface area contributed by atoms with E-state index >= 15 is 0 Å². The molecule has 0 radical (unpaired) electrons. The van der Waals surface area contributed by atoms with Crippen molar-refractivity contribution in [3.63, 3.8) is 0 Å². The highest BCUT2D eigenvalue weighted by molar-refractivity contribution is 7.18. The molecule has 2 aromatic carbocycles. The minimum atomic E-state index is 0.0638. The first-order chi connectivity index (χ1) is 14.7. The van der Waals surface area contributed by atoms with Gasteiger partial charge in [-0.3, -0.25) is 14.5 Å². The van der Waals surface area contributed by atoms with E-state index in [1.54, 1.807) is 16.2 Å². The smallest absolute Gasteiger partial charge is 0.253 e. The number of thiazole rings is 1. The number of fused-ring (bicyclic) bond motifs is 1. The van der Waals surface area contributed by atoms with Gasteiger partial charge in [-0.15, -0.1) is 11.3 Å². The van der Waals surface area contributed by atoms with E-state index in [4.69, 9.17) is 4.98 Å². The van der Waals surface area contributed by atoms with Crippen LogP contribution in [0.25, 0.3) is 10.2 Å². The molecule has 154 valence electrons. The Kier molecular flexibility index (Phi) is 5.23. The molecule has 0 spiro atoms. The maximum atomic E-state index is 12.9. The Bertz CT molecular complexity index is 1040. The lowest BCUT2D eigenvalue weighted by Gasteiger charge is -2.34. The van der Waals surface area contributed by atoms with Gasteiger partial charge in [0.2, 0.25) is 5.91 Å². The van der Waals surface area contributed by atoms with Crippen molar-refractivity contribution in [3.05, 3.63) is 59.1 Å². The Morgan fingerprint density at radius 1 is 0.967 bits per heavy atom. The van der Waals surface area contributed by atoms with E-state index in [1.165, 1.54) is 4.70 Å². The normalized spacial score (nSPS) is 17.8. The van der Waals surface area contributed by atoms with Crippen molar-refractivity contribution in [3.8, 4) is 0 Å². The summed E-state index contributed by atoms with van der Waals surface area (Å²) in [4.78, 5) is 35.6. The molecule has 0 bridgehead atoms. The van der Waals surface area contributed by atoms with E-state index in [1.807, 2.05) is 41.3 Å². The highest BCUT2D eigenvalue weighted by atomic mass is 32.1. The summed E-state index contributed by atoms with van der Waals surface area (Å²) in [6.07, 6.45) is 1.52. The van der Waals surface area contributed by atoms with Gasteiger partial charge in [0.05, 0.1) is 16.8 Å². The van der Waals surface area contributed by atoms with Crippen molar-refractivity contribution in [1.82, 2.24) is 14.8 Å². The summed E-state index contributed by atoms with van der Waals surface area (Å²) in [6, 6.07) is 15.7. The van der Waals surface area contributed by atoms with Crippen LogP contribution in [0, 0.1) is 0 Å². The third kappa shape index (κ3) is 3.82. The predicted molar refractivity (Wildman–Crippen MR) is 119 cm³/mol. The van der Waals surface area contributed by atoms with Crippen LogP contribution >= 0.6 is 11.3 Å². The minimum Gasteiger partial charge on any atom is -0.336 e. The number of rotatable bonds is 4. The summed E-state index contributed by atoms with van der Waals surface area (Å²) in [5.74, 6) is 0.229.